The van der Waals surface area contributed by atoms with Crippen molar-refractivity contribution in [3.8, 4) is 6.07 Å². The molecule has 0 fully saturated rings. The summed E-state index contributed by atoms with van der Waals surface area (Å²) in [5.41, 5.74) is 1.91. The third-order valence-electron chi connectivity index (χ3n) is 3.86. The minimum atomic E-state index is -0.569. The minimum Gasteiger partial charge on any atom is -0.461 e. The van der Waals surface area contributed by atoms with Gasteiger partial charge in [-0.15, -0.1) is 11.3 Å². The Morgan fingerprint density at radius 2 is 2.29 bits per heavy atom. The first kappa shape index (κ1) is 16.2. The third-order valence-corrected chi connectivity index (χ3v) is 5.06. The minimum absolute atomic E-state index is 0.0821. The van der Waals surface area contributed by atoms with Crippen molar-refractivity contribution in [1.82, 2.24) is 9.78 Å². The van der Waals surface area contributed by atoms with Gasteiger partial charge in [0.15, 0.2) is 5.69 Å². The fourth-order valence-corrected chi connectivity index (χ4v) is 4.00. The standard InChI is InChI=1S/C16H16N4O3S/c1-3-23-16(22)11-7-12(20(2)19-11)14(21)18-15-10(8-17)9-5-4-6-13(9)24-15/h7H,3-6H2,1-2H3,(H,18,21). The van der Waals surface area contributed by atoms with Gasteiger partial charge in [0.05, 0.1) is 12.2 Å². The number of nitrogens with zero attached hydrogens (tertiary/aromatic N) is 3. The zero-order valence-corrected chi connectivity index (χ0v) is 14.2. The number of thiophene rings is 1. The molecular weight excluding hydrogens is 328 g/mol. The predicted octanol–water partition coefficient (Wildman–Crippen LogP) is 2.27. The molecule has 0 radical (unpaired) electrons. The largest absolute Gasteiger partial charge is 0.461 e. The number of nitriles is 1. The van der Waals surface area contributed by atoms with Crippen molar-refractivity contribution in [2.45, 2.75) is 26.2 Å². The summed E-state index contributed by atoms with van der Waals surface area (Å²) in [7, 11) is 1.58. The molecule has 0 saturated carbocycles. The molecule has 124 valence electrons. The van der Waals surface area contributed by atoms with E-state index < -0.39 is 11.9 Å². The summed E-state index contributed by atoms with van der Waals surface area (Å²) in [6.07, 6.45) is 2.88. The molecule has 3 rings (SSSR count). The molecule has 1 N–H and O–H groups in total. The van der Waals surface area contributed by atoms with Gasteiger partial charge in [0.2, 0.25) is 0 Å². The molecule has 0 unspecified atom stereocenters. The fourth-order valence-electron chi connectivity index (χ4n) is 2.76. The van der Waals surface area contributed by atoms with Crippen molar-refractivity contribution in [2.75, 3.05) is 11.9 Å². The molecule has 1 aliphatic carbocycles. The summed E-state index contributed by atoms with van der Waals surface area (Å²) in [5.74, 6) is -0.975. The third kappa shape index (κ3) is 2.78. The van der Waals surface area contributed by atoms with Crippen LogP contribution in [0.1, 0.15) is 50.3 Å². The lowest BCUT2D eigenvalue weighted by Crippen LogP contribution is -2.16. The van der Waals surface area contributed by atoms with Crippen LogP contribution in [0.2, 0.25) is 0 Å². The number of esters is 1. The summed E-state index contributed by atoms with van der Waals surface area (Å²) in [5, 5.41) is 16.7. The number of amides is 1. The normalized spacial score (nSPS) is 12.5. The van der Waals surface area contributed by atoms with Gasteiger partial charge in [-0.25, -0.2) is 4.79 Å². The van der Waals surface area contributed by atoms with E-state index >= 15 is 0 Å². The topological polar surface area (TPSA) is 97.0 Å². The molecule has 2 heterocycles. The van der Waals surface area contributed by atoms with E-state index in [1.807, 2.05) is 0 Å². The van der Waals surface area contributed by atoms with E-state index in [1.54, 1.807) is 14.0 Å². The highest BCUT2D eigenvalue weighted by atomic mass is 32.1. The Labute approximate surface area is 142 Å². The Kier molecular flexibility index (Phi) is 4.36. The van der Waals surface area contributed by atoms with Gasteiger partial charge >= 0.3 is 5.97 Å². The van der Waals surface area contributed by atoms with Gasteiger partial charge in [0.1, 0.15) is 16.8 Å². The summed E-state index contributed by atoms with van der Waals surface area (Å²) in [4.78, 5) is 25.4. The number of hydrogen-bond donors (Lipinski definition) is 1. The first-order chi connectivity index (χ1) is 11.5. The van der Waals surface area contributed by atoms with E-state index in [0.717, 1.165) is 24.8 Å². The lowest BCUT2D eigenvalue weighted by atomic mass is 10.1. The first-order valence-corrected chi connectivity index (χ1v) is 8.44. The molecular formula is C16H16N4O3S. The van der Waals surface area contributed by atoms with Crippen LogP contribution in [0.3, 0.4) is 0 Å². The van der Waals surface area contributed by atoms with Gasteiger partial charge in [-0.2, -0.15) is 10.4 Å². The SMILES string of the molecule is CCOC(=O)c1cc(C(=O)Nc2sc3c(c2C#N)CCC3)n(C)n1. The number of aromatic nitrogens is 2. The van der Waals surface area contributed by atoms with Crippen molar-refractivity contribution >= 4 is 28.2 Å². The van der Waals surface area contributed by atoms with E-state index in [0.29, 0.717) is 10.6 Å². The van der Waals surface area contributed by atoms with E-state index in [9.17, 15) is 14.9 Å². The number of carbonyl (C=O) groups is 2. The highest BCUT2D eigenvalue weighted by molar-refractivity contribution is 7.16. The van der Waals surface area contributed by atoms with Crippen molar-refractivity contribution in [3.05, 3.63) is 33.5 Å². The smallest absolute Gasteiger partial charge is 0.358 e. The maximum absolute atomic E-state index is 12.5. The van der Waals surface area contributed by atoms with Crippen molar-refractivity contribution in [1.29, 1.82) is 5.26 Å². The van der Waals surface area contributed by atoms with Crippen LogP contribution >= 0.6 is 11.3 Å². The molecule has 8 heteroatoms. The number of rotatable bonds is 4. The number of carbonyl (C=O) groups excluding carboxylic acids is 2. The summed E-state index contributed by atoms with van der Waals surface area (Å²) < 4.78 is 6.21. The Hall–Kier alpha value is -2.66. The van der Waals surface area contributed by atoms with E-state index in [2.05, 4.69) is 16.5 Å². The number of hydrogen-bond acceptors (Lipinski definition) is 6. The maximum atomic E-state index is 12.5. The lowest BCUT2D eigenvalue weighted by Gasteiger charge is -2.04. The van der Waals surface area contributed by atoms with Crippen LogP contribution < -0.4 is 5.32 Å². The quantitative estimate of drug-likeness (QED) is 0.858. The second-order valence-corrected chi connectivity index (χ2v) is 6.49. The van der Waals surface area contributed by atoms with Gasteiger partial charge in [0.25, 0.3) is 5.91 Å². The number of fused-ring (bicyclic) bond motifs is 1. The van der Waals surface area contributed by atoms with Gasteiger partial charge < -0.3 is 10.1 Å². The summed E-state index contributed by atoms with van der Waals surface area (Å²) in [6, 6.07) is 3.58. The molecule has 2 aromatic heterocycles. The molecule has 1 aliphatic rings. The van der Waals surface area contributed by atoms with Crippen LogP contribution in [0.5, 0.6) is 0 Å². The zero-order valence-electron chi connectivity index (χ0n) is 13.4. The molecule has 0 atom stereocenters. The summed E-state index contributed by atoms with van der Waals surface area (Å²) in [6.45, 7) is 1.94. The van der Waals surface area contributed by atoms with Crippen LogP contribution in [0.15, 0.2) is 6.07 Å². The van der Waals surface area contributed by atoms with Crippen molar-refractivity contribution < 1.29 is 14.3 Å². The summed E-state index contributed by atoms with van der Waals surface area (Å²) >= 11 is 1.45. The molecule has 0 aliphatic heterocycles. The second-order valence-electron chi connectivity index (χ2n) is 5.39. The molecule has 2 aromatic rings. The van der Waals surface area contributed by atoms with Crippen LogP contribution in [-0.2, 0) is 24.6 Å². The number of anilines is 1. The molecule has 0 aromatic carbocycles. The highest BCUT2D eigenvalue weighted by Gasteiger charge is 2.25. The first-order valence-electron chi connectivity index (χ1n) is 7.62. The van der Waals surface area contributed by atoms with E-state index in [-0.39, 0.29) is 18.0 Å². The Bertz CT molecular complexity index is 860. The van der Waals surface area contributed by atoms with Gasteiger partial charge in [0, 0.05) is 18.0 Å². The monoisotopic (exact) mass is 344 g/mol. The zero-order chi connectivity index (χ0) is 17.3. The Balaban J connectivity index is 1.84. The van der Waals surface area contributed by atoms with Gasteiger partial charge in [-0.05, 0) is 31.7 Å². The lowest BCUT2D eigenvalue weighted by molar-refractivity contribution is 0.0518. The van der Waals surface area contributed by atoms with E-state index in [4.69, 9.17) is 4.74 Å². The van der Waals surface area contributed by atoms with Crippen LogP contribution in [0, 0.1) is 11.3 Å². The average molecular weight is 344 g/mol. The number of aryl methyl sites for hydroxylation is 2. The average Bonchev–Trinajstić information content (AvgIpc) is 3.21. The molecule has 0 spiro atoms. The van der Waals surface area contributed by atoms with Crippen LogP contribution in [0.25, 0.3) is 0 Å². The molecule has 0 bridgehead atoms. The van der Waals surface area contributed by atoms with E-state index in [1.165, 1.54) is 27.0 Å². The highest BCUT2D eigenvalue weighted by Crippen LogP contribution is 2.38. The second kappa shape index (κ2) is 6.45. The van der Waals surface area contributed by atoms with Crippen molar-refractivity contribution in [2.24, 2.45) is 7.05 Å². The number of ether oxygens (including phenoxy) is 1. The Morgan fingerprint density at radius 1 is 1.50 bits per heavy atom. The molecule has 1 amide bonds. The Morgan fingerprint density at radius 3 is 3.00 bits per heavy atom. The van der Waals surface area contributed by atoms with Crippen LogP contribution in [-0.4, -0.2) is 28.3 Å². The molecule has 7 nitrogen and oxygen atoms in total. The number of nitrogens with one attached hydrogen (secondary N) is 1. The fraction of sp³-hybridized carbons (Fsp3) is 0.375. The molecule has 0 saturated heterocycles. The van der Waals surface area contributed by atoms with Crippen LogP contribution in [0.4, 0.5) is 5.00 Å². The maximum Gasteiger partial charge on any atom is 0.358 e. The van der Waals surface area contributed by atoms with Crippen molar-refractivity contribution in [3.63, 3.8) is 0 Å². The molecule has 24 heavy (non-hydrogen) atoms. The van der Waals surface area contributed by atoms with Gasteiger partial charge in [-0.3, -0.25) is 9.48 Å². The van der Waals surface area contributed by atoms with Gasteiger partial charge in [-0.1, -0.05) is 0 Å². The predicted molar refractivity (Wildman–Crippen MR) is 88.2 cm³/mol.